The Morgan fingerprint density at radius 2 is 1.78 bits per heavy atom. The van der Waals surface area contributed by atoms with Crippen molar-refractivity contribution in [1.82, 2.24) is 5.32 Å². The highest BCUT2D eigenvalue weighted by Gasteiger charge is 2.03. The van der Waals surface area contributed by atoms with Gasteiger partial charge in [0.25, 0.3) is 0 Å². The summed E-state index contributed by atoms with van der Waals surface area (Å²) in [7, 11) is 3.44. The van der Waals surface area contributed by atoms with Crippen LogP contribution in [0, 0.1) is 0 Å². The number of nitrogens with one attached hydrogen (secondary N) is 2. The second-order valence-electron chi connectivity index (χ2n) is 5.85. The van der Waals surface area contributed by atoms with E-state index >= 15 is 0 Å². The SMILES string of the molecule is CCOc1cccc(CNC(=NC)Nc2cccc(OCCCOC)c2)c1. The number of methoxy groups -OCH3 is 1. The smallest absolute Gasteiger partial charge is 0.195 e. The molecule has 2 aromatic rings. The van der Waals surface area contributed by atoms with Gasteiger partial charge in [-0.1, -0.05) is 18.2 Å². The van der Waals surface area contributed by atoms with Gasteiger partial charge in [0.2, 0.25) is 0 Å². The lowest BCUT2D eigenvalue weighted by atomic mass is 10.2. The number of ether oxygens (including phenoxy) is 3. The molecule has 0 aliphatic rings. The zero-order valence-corrected chi connectivity index (χ0v) is 16.3. The molecular weight excluding hydrogens is 342 g/mol. The van der Waals surface area contributed by atoms with Gasteiger partial charge in [-0.05, 0) is 36.8 Å². The van der Waals surface area contributed by atoms with Crippen molar-refractivity contribution in [2.75, 3.05) is 39.3 Å². The minimum atomic E-state index is 0.625. The number of benzene rings is 2. The fraction of sp³-hybridized carbons (Fsp3) is 0.381. The lowest BCUT2D eigenvalue weighted by Gasteiger charge is -2.14. The standard InChI is InChI=1S/C21H29N3O3/c1-4-26-19-10-5-8-17(14-19)16-23-21(22-2)24-18-9-6-11-20(15-18)27-13-7-12-25-3/h5-6,8-11,14-15H,4,7,12-13,16H2,1-3H3,(H2,22,23,24). The number of hydrogen-bond acceptors (Lipinski definition) is 4. The molecule has 0 fully saturated rings. The van der Waals surface area contributed by atoms with Crippen molar-refractivity contribution in [3.8, 4) is 11.5 Å². The van der Waals surface area contributed by atoms with Crippen molar-refractivity contribution in [2.24, 2.45) is 4.99 Å². The van der Waals surface area contributed by atoms with Gasteiger partial charge in [0.05, 0.1) is 13.2 Å². The zero-order chi connectivity index (χ0) is 19.3. The number of hydrogen-bond donors (Lipinski definition) is 2. The van der Waals surface area contributed by atoms with Crippen molar-refractivity contribution in [1.29, 1.82) is 0 Å². The van der Waals surface area contributed by atoms with E-state index in [2.05, 4.69) is 21.7 Å². The summed E-state index contributed by atoms with van der Waals surface area (Å²) in [4.78, 5) is 4.28. The third kappa shape index (κ3) is 7.58. The highest BCUT2D eigenvalue weighted by molar-refractivity contribution is 5.93. The van der Waals surface area contributed by atoms with Gasteiger partial charge in [0.15, 0.2) is 5.96 Å². The van der Waals surface area contributed by atoms with E-state index in [1.54, 1.807) is 14.2 Å². The van der Waals surface area contributed by atoms with E-state index in [0.29, 0.717) is 32.3 Å². The molecule has 6 heteroatoms. The number of rotatable bonds is 10. The molecule has 0 radical (unpaired) electrons. The second kappa shape index (κ2) is 11.8. The molecule has 27 heavy (non-hydrogen) atoms. The van der Waals surface area contributed by atoms with Gasteiger partial charge >= 0.3 is 0 Å². The number of anilines is 1. The van der Waals surface area contributed by atoms with E-state index in [9.17, 15) is 0 Å². The Labute approximate surface area is 161 Å². The summed E-state index contributed by atoms with van der Waals surface area (Å²) in [5.74, 6) is 2.38. The third-order valence-corrected chi connectivity index (χ3v) is 3.75. The lowest BCUT2D eigenvalue weighted by Crippen LogP contribution is -2.30. The highest BCUT2D eigenvalue weighted by Crippen LogP contribution is 2.18. The Kier molecular flexibility index (Phi) is 9.00. The fourth-order valence-electron chi connectivity index (χ4n) is 2.47. The molecule has 0 aliphatic carbocycles. The van der Waals surface area contributed by atoms with E-state index in [1.165, 1.54) is 0 Å². The van der Waals surface area contributed by atoms with Crippen molar-refractivity contribution in [3.63, 3.8) is 0 Å². The van der Waals surface area contributed by atoms with Crippen LogP contribution < -0.4 is 20.1 Å². The first-order chi connectivity index (χ1) is 13.2. The number of guanidine groups is 1. The average Bonchev–Trinajstić information content (AvgIpc) is 2.69. The molecule has 2 rings (SSSR count). The van der Waals surface area contributed by atoms with E-state index in [-0.39, 0.29) is 0 Å². The first-order valence-corrected chi connectivity index (χ1v) is 9.16. The Balaban J connectivity index is 1.88. The predicted molar refractivity (Wildman–Crippen MR) is 110 cm³/mol. The zero-order valence-electron chi connectivity index (χ0n) is 16.3. The fourth-order valence-corrected chi connectivity index (χ4v) is 2.47. The predicted octanol–water partition coefficient (Wildman–Crippen LogP) is 3.69. The molecule has 0 bridgehead atoms. The van der Waals surface area contributed by atoms with E-state index in [1.807, 2.05) is 49.4 Å². The Hall–Kier alpha value is -2.73. The summed E-state index contributed by atoms with van der Waals surface area (Å²) in [5.41, 5.74) is 2.04. The summed E-state index contributed by atoms with van der Waals surface area (Å²) in [5, 5.41) is 6.59. The molecule has 0 aliphatic heterocycles. The van der Waals surface area contributed by atoms with Crippen LogP contribution in [-0.2, 0) is 11.3 Å². The second-order valence-corrected chi connectivity index (χ2v) is 5.85. The van der Waals surface area contributed by atoms with Crippen molar-refractivity contribution in [3.05, 3.63) is 54.1 Å². The van der Waals surface area contributed by atoms with Crippen molar-refractivity contribution >= 4 is 11.6 Å². The van der Waals surface area contributed by atoms with E-state index in [0.717, 1.165) is 29.2 Å². The monoisotopic (exact) mass is 371 g/mol. The van der Waals surface area contributed by atoms with E-state index in [4.69, 9.17) is 14.2 Å². The summed E-state index contributed by atoms with van der Waals surface area (Å²) < 4.78 is 16.3. The van der Waals surface area contributed by atoms with Crippen LogP contribution in [0.5, 0.6) is 11.5 Å². The largest absolute Gasteiger partial charge is 0.494 e. The first-order valence-electron chi connectivity index (χ1n) is 9.16. The molecular formula is C21H29N3O3. The van der Waals surface area contributed by atoms with Crippen LogP contribution in [0.15, 0.2) is 53.5 Å². The van der Waals surface area contributed by atoms with Gasteiger partial charge in [-0.25, -0.2) is 0 Å². The molecule has 0 saturated heterocycles. The quantitative estimate of drug-likeness (QED) is 0.379. The van der Waals surface area contributed by atoms with Crippen LogP contribution in [0.1, 0.15) is 18.9 Å². The molecule has 0 unspecified atom stereocenters. The van der Waals surface area contributed by atoms with Gasteiger partial charge in [-0.2, -0.15) is 0 Å². The number of nitrogens with zero attached hydrogens (tertiary/aromatic N) is 1. The van der Waals surface area contributed by atoms with Crippen LogP contribution in [0.3, 0.4) is 0 Å². The Morgan fingerprint density at radius 3 is 2.52 bits per heavy atom. The van der Waals surface area contributed by atoms with Gasteiger partial charge in [0, 0.05) is 45.5 Å². The van der Waals surface area contributed by atoms with E-state index < -0.39 is 0 Å². The lowest BCUT2D eigenvalue weighted by molar-refractivity contribution is 0.172. The summed E-state index contributed by atoms with van der Waals surface area (Å²) in [6.45, 7) is 4.60. The molecule has 2 aromatic carbocycles. The van der Waals surface area contributed by atoms with Crippen LogP contribution in [0.4, 0.5) is 5.69 Å². The molecule has 6 nitrogen and oxygen atoms in total. The van der Waals surface area contributed by atoms with Crippen LogP contribution >= 0.6 is 0 Å². The minimum absolute atomic E-state index is 0.625. The molecule has 0 aromatic heterocycles. The highest BCUT2D eigenvalue weighted by atomic mass is 16.5. The maximum Gasteiger partial charge on any atom is 0.195 e. The van der Waals surface area contributed by atoms with Gasteiger partial charge in [-0.3, -0.25) is 4.99 Å². The normalized spacial score (nSPS) is 11.1. The van der Waals surface area contributed by atoms with Gasteiger partial charge in [-0.15, -0.1) is 0 Å². The van der Waals surface area contributed by atoms with Gasteiger partial charge < -0.3 is 24.8 Å². The summed E-state index contributed by atoms with van der Waals surface area (Å²) >= 11 is 0. The molecule has 0 spiro atoms. The Bertz CT molecular complexity index is 719. The van der Waals surface area contributed by atoms with Gasteiger partial charge in [0.1, 0.15) is 11.5 Å². The summed E-state index contributed by atoms with van der Waals surface area (Å²) in [6, 6.07) is 15.8. The molecule has 0 amide bonds. The molecule has 146 valence electrons. The van der Waals surface area contributed by atoms with Crippen molar-refractivity contribution < 1.29 is 14.2 Å². The molecule has 0 saturated carbocycles. The molecule has 0 atom stereocenters. The topological polar surface area (TPSA) is 64.1 Å². The minimum Gasteiger partial charge on any atom is -0.494 e. The maximum absolute atomic E-state index is 5.74. The van der Waals surface area contributed by atoms with Crippen LogP contribution in [-0.4, -0.2) is 39.9 Å². The molecule has 2 N–H and O–H groups in total. The maximum atomic E-state index is 5.74. The average molecular weight is 371 g/mol. The first kappa shape index (κ1) is 20.6. The molecule has 0 heterocycles. The number of aliphatic imine (C=N–C) groups is 1. The van der Waals surface area contributed by atoms with Crippen LogP contribution in [0.25, 0.3) is 0 Å². The van der Waals surface area contributed by atoms with Crippen LogP contribution in [0.2, 0.25) is 0 Å². The van der Waals surface area contributed by atoms with Crippen molar-refractivity contribution in [2.45, 2.75) is 19.9 Å². The third-order valence-electron chi connectivity index (χ3n) is 3.75. The summed E-state index contributed by atoms with van der Waals surface area (Å²) in [6.07, 6.45) is 0.859. The Morgan fingerprint density at radius 1 is 1.00 bits per heavy atom.